The van der Waals surface area contributed by atoms with Crippen molar-refractivity contribution in [3.05, 3.63) is 53.1 Å². The Hall–Kier alpha value is -3.89. The molecule has 230 valence electrons. The molecule has 0 aliphatic carbocycles. The largest absolute Gasteiger partial charge is 0.492 e. The average molecular weight is 618 g/mol. The van der Waals surface area contributed by atoms with Crippen LogP contribution in [0.15, 0.2) is 36.4 Å². The molecule has 2 atom stereocenters. The van der Waals surface area contributed by atoms with Crippen LogP contribution < -0.4 is 14.5 Å². The van der Waals surface area contributed by atoms with E-state index in [2.05, 4.69) is 4.90 Å². The van der Waals surface area contributed by atoms with Crippen molar-refractivity contribution in [3.8, 4) is 11.8 Å². The maximum Gasteiger partial charge on any atom is 0.417 e. The molecule has 9 nitrogen and oxygen atoms in total. The van der Waals surface area contributed by atoms with Gasteiger partial charge in [-0.05, 0) is 88.3 Å². The van der Waals surface area contributed by atoms with E-state index in [0.717, 1.165) is 22.6 Å². The van der Waals surface area contributed by atoms with Crippen LogP contribution in [0.1, 0.15) is 51.3 Å². The molecule has 2 amide bonds. The lowest BCUT2D eigenvalue weighted by atomic mass is 10.0. The minimum Gasteiger partial charge on any atom is -0.492 e. The number of nitrogens with zero attached hydrogens (tertiary/aromatic N) is 5. The summed E-state index contributed by atoms with van der Waals surface area (Å²) in [5.41, 5.74) is -1.51. The van der Waals surface area contributed by atoms with Crippen LogP contribution in [0.2, 0.25) is 0 Å². The Morgan fingerprint density at radius 2 is 1.81 bits per heavy atom. The number of thiocarbonyl (C=S) groups is 1. The third-order valence-electron chi connectivity index (χ3n) is 8.04. The summed E-state index contributed by atoms with van der Waals surface area (Å²) in [7, 11) is 0. The maximum absolute atomic E-state index is 13.7. The molecule has 43 heavy (non-hydrogen) atoms. The highest BCUT2D eigenvalue weighted by Crippen LogP contribution is 2.40. The fourth-order valence-electron chi connectivity index (χ4n) is 5.63. The summed E-state index contributed by atoms with van der Waals surface area (Å²) < 4.78 is 47.1. The number of carbonyl (C=O) groups is 2. The molecule has 2 aliphatic heterocycles. The van der Waals surface area contributed by atoms with Crippen LogP contribution in [-0.2, 0) is 17.4 Å². The van der Waals surface area contributed by atoms with Crippen molar-refractivity contribution in [1.82, 2.24) is 9.80 Å². The number of ether oxygens (including phenoxy) is 1. The molecule has 1 N–H and O–H groups in total. The van der Waals surface area contributed by atoms with Gasteiger partial charge in [0.15, 0.2) is 5.11 Å². The van der Waals surface area contributed by atoms with Crippen molar-refractivity contribution in [2.45, 2.75) is 64.8 Å². The van der Waals surface area contributed by atoms with Crippen molar-refractivity contribution in [2.75, 3.05) is 36.0 Å². The van der Waals surface area contributed by atoms with Crippen LogP contribution in [0, 0.1) is 11.3 Å². The second-order valence-electron chi connectivity index (χ2n) is 11.3. The van der Waals surface area contributed by atoms with Crippen LogP contribution in [0.5, 0.6) is 5.75 Å². The lowest BCUT2D eigenvalue weighted by Gasteiger charge is -2.42. The lowest BCUT2D eigenvalue weighted by Crippen LogP contribution is -2.58. The number of aryl methyl sites for hydroxylation is 1. The molecule has 0 spiro atoms. The highest BCUT2D eigenvalue weighted by Gasteiger charge is 2.51. The van der Waals surface area contributed by atoms with Gasteiger partial charge in [0.1, 0.15) is 17.9 Å². The highest BCUT2D eigenvalue weighted by molar-refractivity contribution is 7.81. The third kappa shape index (κ3) is 6.12. The molecule has 0 radical (unpaired) electrons. The monoisotopic (exact) mass is 617 g/mol. The average Bonchev–Trinajstić information content (AvgIpc) is 3.12. The quantitative estimate of drug-likeness (QED) is 0.407. The summed E-state index contributed by atoms with van der Waals surface area (Å²) in [5, 5.41) is 18.6. The van der Waals surface area contributed by atoms with Crippen LogP contribution in [0.3, 0.4) is 0 Å². The number of rotatable bonds is 7. The van der Waals surface area contributed by atoms with Gasteiger partial charge >= 0.3 is 12.3 Å². The summed E-state index contributed by atoms with van der Waals surface area (Å²) in [4.78, 5) is 31.3. The van der Waals surface area contributed by atoms with Gasteiger partial charge in [-0.2, -0.15) is 18.4 Å². The summed E-state index contributed by atoms with van der Waals surface area (Å²) in [5.74, 6) is 0.157. The number of piperazine rings is 1. The number of amides is 2. The summed E-state index contributed by atoms with van der Waals surface area (Å²) >= 11 is 5.66. The number of hydrogen-bond acceptors (Lipinski definition) is 6. The second-order valence-corrected chi connectivity index (χ2v) is 11.6. The first-order valence-electron chi connectivity index (χ1n) is 13.9. The Balaban J connectivity index is 1.54. The lowest BCUT2D eigenvalue weighted by molar-refractivity contribution is -0.137. The summed E-state index contributed by atoms with van der Waals surface area (Å²) in [6, 6.07) is 9.98. The molecular weight excluding hydrogens is 583 g/mol. The smallest absolute Gasteiger partial charge is 0.417 e. The molecule has 0 unspecified atom stereocenters. The fourth-order valence-corrected chi connectivity index (χ4v) is 6.15. The number of hydrogen-bond donors (Lipinski definition) is 1. The van der Waals surface area contributed by atoms with Crippen molar-refractivity contribution < 1.29 is 32.6 Å². The van der Waals surface area contributed by atoms with Crippen molar-refractivity contribution >= 4 is 40.7 Å². The van der Waals surface area contributed by atoms with E-state index >= 15 is 0 Å². The van der Waals surface area contributed by atoms with Gasteiger partial charge in [-0.25, -0.2) is 4.79 Å². The molecule has 0 bridgehead atoms. The maximum atomic E-state index is 13.7. The topological polar surface area (TPSA) is 100 Å². The Morgan fingerprint density at radius 3 is 2.42 bits per heavy atom. The molecule has 2 fully saturated rings. The van der Waals surface area contributed by atoms with E-state index in [1.165, 1.54) is 11.0 Å². The van der Waals surface area contributed by atoms with Gasteiger partial charge in [-0.3, -0.25) is 14.6 Å². The van der Waals surface area contributed by atoms with Gasteiger partial charge in [0, 0.05) is 37.4 Å². The minimum atomic E-state index is -4.78. The van der Waals surface area contributed by atoms with Crippen LogP contribution >= 0.6 is 12.2 Å². The molecule has 0 saturated carbocycles. The number of benzene rings is 2. The SMILES string of the molecule is CCc1cc(N2C(=S)N(c3ccc(C#N)c(C(F)(F)F)c3)C(=O)C2(C)C)ccc1OCCN1C[C@@H](C)N(C(=O)O)C[C@H]1C. The van der Waals surface area contributed by atoms with E-state index in [1.807, 2.05) is 26.8 Å². The summed E-state index contributed by atoms with van der Waals surface area (Å²) in [6.07, 6.45) is -5.09. The number of carbonyl (C=O) groups excluding carboxylic acids is 1. The number of alkyl halides is 3. The van der Waals surface area contributed by atoms with Gasteiger partial charge in [-0.1, -0.05) is 6.92 Å². The molecule has 2 heterocycles. The van der Waals surface area contributed by atoms with E-state index in [9.17, 15) is 27.9 Å². The van der Waals surface area contributed by atoms with Gasteiger partial charge in [0.05, 0.1) is 22.9 Å². The Labute approximate surface area is 254 Å². The zero-order valence-electron chi connectivity index (χ0n) is 24.6. The van der Waals surface area contributed by atoms with Gasteiger partial charge < -0.3 is 19.6 Å². The van der Waals surface area contributed by atoms with E-state index in [0.29, 0.717) is 44.1 Å². The highest BCUT2D eigenvalue weighted by atomic mass is 32.1. The van der Waals surface area contributed by atoms with E-state index in [4.69, 9.17) is 22.2 Å². The third-order valence-corrected chi connectivity index (χ3v) is 8.40. The van der Waals surface area contributed by atoms with E-state index in [-0.39, 0.29) is 22.9 Å². The molecule has 2 saturated heterocycles. The second kappa shape index (κ2) is 12.0. The first-order chi connectivity index (χ1) is 20.1. The van der Waals surface area contributed by atoms with Crippen LogP contribution in [-0.4, -0.2) is 75.9 Å². The van der Waals surface area contributed by atoms with Crippen molar-refractivity contribution in [3.63, 3.8) is 0 Å². The molecule has 2 aromatic carbocycles. The molecule has 13 heteroatoms. The molecule has 2 aliphatic rings. The Kier molecular flexibility index (Phi) is 8.95. The van der Waals surface area contributed by atoms with E-state index < -0.39 is 34.8 Å². The standard InChI is InChI=1S/C30H34F3N5O4S/c1-6-20-13-23(9-10-25(20)42-12-11-35-16-19(3)36(28(40)41)17-18(35)2)38-27(43)37(26(39)29(38,4)5)22-8-7-21(15-34)24(14-22)30(31,32)33/h7-10,13-14,18-19H,6,11-12,16-17H2,1-5H3,(H,40,41)/t18-,19-/m1/s1. The number of halogens is 3. The number of anilines is 2. The van der Waals surface area contributed by atoms with Crippen LogP contribution in [0.4, 0.5) is 29.3 Å². The van der Waals surface area contributed by atoms with E-state index in [1.54, 1.807) is 36.9 Å². The minimum absolute atomic E-state index is 0.0205. The summed E-state index contributed by atoms with van der Waals surface area (Å²) in [6.45, 7) is 11.2. The normalized spacial score (nSPS) is 20.9. The molecule has 2 aromatic rings. The molecule has 4 rings (SSSR count). The number of carboxylic acid groups (broad SMARTS) is 1. The van der Waals surface area contributed by atoms with Crippen molar-refractivity contribution in [1.29, 1.82) is 5.26 Å². The number of nitriles is 1. The zero-order chi connectivity index (χ0) is 31.9. The van der Waals surface area contributed by atoms with Gasteiger partial charge in [0.2, 0.25) is 0 Å². The van der Waals surface area contributed by atoms with Crippen LogP contribution in [0.25, 0.3) is 0 Å². The molecular formula is C30H34F3N5O4S. The Morgan fingerprint density at radius 1 is 1.14 bits per heavy atom. The Bertz CT molecular complexity index is 1470. The predicted molar refractivity (Wildman–Crippen MR) is 159 cm³/mol. The zero-order valence-corrected chi connectivity index (χ0v) is 25.4. The van der Waals surface area contributed by atoms with Gasteiger partial charge in [-0.15, -0.1) is 0 Å². The molecule has 0 aromatic heterocycles. The first-order valence-corrected chi connectivity index (χ1v) is 14.3. The van der Waals surface area contributed by atoms with Crippen molar-refractivity contribution in [2.24, 2.45) is 0 Å². The first kappa shape index (κ1) is 32.0. The predicted octanol–water partition coefficient (Wildman–Crippen LogP) is 5.51. The van der Waals surface area contributed by atoms with Gasteiger partial charge in [0.25, 0.3) is 5.91 Å². The fraction of sp³-hybridized carbons (Fsp3) is 0.467.